The topological polar surface area (TPSA) is 93.4 Å². The Morgan fingerprint density at radius 2 is 2.18 bits per heavy atom. The lowest BCUT2D eigenvalue weighted by Crippen LogP contribution is -2.38. The summed E-state index contributed by atoms with van der Waals surface area (Å²) in [4.78, 5) is 14.6. The number of rotatable bonds is 5. The molecule has 1 saturated heterocycles. The van der Waals surface area contributed by atoms with Crippen molar-refractivity contribution in [1.82, 2.24) is 15.1 Å². The zero-order valence-corrected chi connectivity index (χ0v) is 18.0. The summed E-state index contributed by atoms with van der Waals surface area (Å²) in [6.45, 7) is 0. The SMILES string of the molecule is CN(C(=O)CSc1nnc(-c2sc3ccccc3c2Cl)o1)C1CCS(=O)(=O)C1. The molecule has 0 radical (unpaired) electrons. The molecule has 0 spiro atoms. The van der Waals surface area contributed by atoms with Gasteiger partial charge in [-0.15, -0.1) is 21.5 Å². The standard InChI is InChI=1S/C17H16ClN3O4S3/c1-21(10-6-7-28(23,24)9-10)13(22)8-26-17-20-19-16(25-17)15-14(18)11-4-2-3-5-12(11)27-15/h2-5,10H,6-9H2,1H3. The van der Waals surface area contributed by atoms with Crippen molar-refractivity contribution in [2.45, 2.75) is 17.7 Å². The number of carbonyl (C=O) groups excluding carboxylic acids is 1. The van der Waals surface area contributed by atoms with Gasteiger partial charge in [0.1, 0.15) is 4.88 Å². The van der Waals surface area contributed by atoms with Crippen molar-refractivity contribution in [3.05, 3.63) is 29.3 Å². The minimum atomic E-state index is -3.04. The highest BCUT2D eigenvalue weighted by atomic mass is 35.5. The van der Waals surface area contributed by atoms with Crippen molar-refractivity contribution in [2.75, 3.05) is 24.3 Å². The monoisotopic (exact) mass is 457 g/mol. The van der Waals surface area contributed by atoms with E-state index in [9.17, 15) is 13.2 Å². The van der Waals surface area contributed by atoms with Crippen LogP contribution in [0, 0.1) is 0 Å². The van der Waals surface area contributed by atoms with Gasteiger partial charge in [-0.2, -0.15) is 0 Å². The fourth-order valence-corrected chi connectivity index (χ4v) is 6.92. The van der Waals surface area contributed by atoms with E-state index in [0.29, 0.717) is 22.2 Å². The third kappa shape index (κ3) is 3.91. The number of hydrogen-bond donors (Lipinski definition) is 0. The van der Waals surface area contributed by atoms with Gasteiger partial charge in [0.2, 0.25) is 5.91 Å². The highest BCUT2D eigenvalue weighted by Gasteiger charge is 2.32. The van der Waals surface area contributed by atoms with Gasteiger partial charge in [0.25, 0.3) is 11.1 Å². The fourth-order valence-electron chi connectivity index (χ4n) is 3.02. The average molecular weight is 458 g/mol. The van der Waals surface area contributed by atoms with Gasteiger partial charge in [-0.25, -0.2) is 8.42 Å². The molecule has 0 aliphatic carbocycles. The maximum Gasteiger partial charge on any atom is 0.277 e. The van der Waals surface area contributed by atoms with Gasteiger partial charge in [-0.3, -0.25) is 4.79 Å². The van der Waals surface area contributed by atoms with Gasteiger partial charge in [-0.05, 0) is 12.5 Å². The van der Waals surface area contributed by atoms with Crippen LogP contribution in [0.15, 0.2) is 33.9 Å². The second kappa shape index (κ2) is 7.66. The van der Waals surface area contributed by atoms with Crippen LogP contribution in [0.5, 0.6) is 0 Å². The Kier molecular flexibility index (Phi) is 5.38. The predicted molar refractivity (Wildman–Crippen MR) is 111 cm³/mol. The zero-order chi connectivity index (χ0) is 19.9. The van der Waals surface area contributed by atoms with Gasteiger partial charge >= 0.3 is 0 Å². The number of thioether (sulfide) groups is 1. The molecule has 1 atom stereocenters. The normalized spacial score (nSPS) is 18.6. The first kappa shape index (κ1) is 19.7. The van der Waals surface area contributed by atoms with Gasteiger partial charge in [0.15, 0.2) is 9.84 Å². The molecular formula is C17H16ClN3O4S3. The molecule has 0 N–H and O–H groups in total. The number of fused-ring (bicyclic) bond motifs is 1. The molecule has 11 heteroatoms. The second-order valence-corrected chi connectivity index (χ2v) is 11.1. The average Bonchev–Trinajstić information content (AvgIpc) is 3.37. The number of thiophene rings is 1. The number of sulfone groups is 1. The molecule has 1 amide bonds. The number of nitrogens with zero attached hydrogens (tertiary/aromatic N) is 3. The molecule has 4 rings (SSSR count). The van der Waals surface area contributed by atoms with Crippen molar-refractivity contribution >= 4 is 60.5 Å². The lowest BCUT2D eigenvalue weighted by atomic mass is 10.2. The minimum absolute atomic E-state index is 0.0229. The van der Waals surface area contributed by atoms with E-state index in [2.05, 4.69) is 10.2 Å². The summed E-state index contributed by atoms with van der Waals surface area (Å²) in [5.74, 6) is 0.387. The van der Waals surface area contributed by atoms with Crippen LogP contribution < -0.4 is 0 Å². The van der Waals surface area contributed by atoms with Gasteiger partial charge < -0.3 is 9.32 Å². The Morgan fingerprint density at radius 3 is 2.89 bits per heavy atom. The molecule has 1 aromatic carbocycles. The molecule has 148 valence electrons. The molecule has 1 fully saturated rings. The molecule has 7 nitrogen and oxygen atoms in total. The lowest BCUT2D eigenvalue weighted by Gasteiger charge is -2.22. The first-order chi connectivity index (χ1) is 13.3. The number of amides is 1. The summed E-state index contributed by atoms with van der Waals surface area (Å²) >= 11 is 9.02. The quantitative estimate of drug-likeness (QED) is 0.542. The number of benzene rings is 1. The largest absolute Gasteiger partial charge is 0.410 e. The summed E-state index contributed by atoms with van der Waals surface area (Å²) in [6, 6.07) is 7.48. The van der Waals surface area contributed by atoms with Crippen LogP contribution in [-0.4, -0.2) is 59.8 Å². The fraction of sp³-hybridized carbons (Fsp3) is 0.353. The highest BCUT2D eigenvalue weighted by Crippen LogP contribution is 2.41. The first-order valence-electron chi connectivity index (χ1n) is 8.44. The van der Waals surface area contributed by atoms with Crippen molar-refractivity contribution in [1.29, 1.82) is 0 Å². The Hall–Kier alpha value is -1.62. The Morgan fingerprint density at radius 1 is 1.39 bits per heavy atom. The minimum Gasteiger partial charge on any atom is -0.410 e. The molecule has 28 heavy (non-hydrogen) atoms. The lowest BCUT2D eigenvalue weighted by molar-refractivity contribution is -0.128. The predicted octanol–water partition coefficient (Wildman–Crippen LogP) is 3.34. The van der Waals surface area contributed by atoms with E-state index in [1.54, 1.807) is 7.05 Å². The van der Waals surface area contributed by atoms with Crippen LogP contribution in [0.2, 0.25) is 5.02 Å². The van der Waals surface area contributed by atoms with E-state index in [4.69, 9.17) is 16.0 Å². The van der Waals surface area contributed by atoms with E-state index >= 15 is 0 Å². The van der Waals surface area contributed by atoms with Crippen molar-refractivity contribution in [3.8, 4) is 10.8 Å². The summed E-state index contributed by atoms with van der Waals surface area (Å²) in [6.07, 6.45) is 0.477. The molecule has 2 aromatic heterocycles. The smallest absolute Gasteiger partial charge is 0.277 e. The summed E-state index contributed by atoms with van der Waals surface area (Å²) < 4.78 is 29.9. The number of hydrogen-bond acceptors (Lipinski definition) is 8. The third-order valence-electron chi connectivity index (χ3n) is 4.60. The Labute approximate surface area is 175 Å². The molecule has 0 bridgehead atoms. The van der Waals surface area contributed by atoms with Crippen LogP contribution in [0.25, 0.3) is 20.9 Å². The van der Waals surface area contributed by atoms with Crippen LogP contribution in [0.1, 0.15) is 6.42 Å². The summed E-state index contributed by atoms with van der Waals surface area (Å²) in [5, 5.41) is 9.80. The number of aromatic nitrogens is 2. The van der Waals surface area contributed by atoms with Gasteiger partial charge in [-0.1, -0.05) is 41.6 Å². The van der Waals surface area contributed by atoms with E-state index < -0.39 is 9.84 Å². The van der Waals surface area contributed by atoms with Crippen LogP contribution in [0.3, 0.4) is 0 Å². The molecule has 3 heterocycles. The molecule has 1 unspecified atom stereocenters. The number of carbonyl (C=O) groups is 1. The Bertz CT molecular complexity index is 1140. The third-order valence-corrected chi connectivity index (χ3v) is 8.82. The molecule has 1 aliphatic rings. The molecular weight excluding hydrogens is 442 g/mol. The molecule has 0 saturated carbocycles. The van der Waals surface area contributed by atoms with Crippen molar-refractivity contribution in [2.24, 2.45) is 0 Å². The van der Waals surface area contributed by atoms with Crippen LogP contribution in [0.4, 0.5) is 0 Å². The summed E-state index contributed by atoms with van der Waals surface area (Å²) in [7, 11) is -1.41. The van der Waals surface area contributed by atoms with Crippen LogP contribution >= 0.6 is 34.7 Å². The summed E-state index contributed by atoms with van der Waals surface area (Å²) in [5.41, 5.74) is 0. The zero-order valence-electron chi connectivity index (χ0n) is 14.8. The van der Waals surface area contributed by atoms with Crippen LogP contribution in [-0.2, 0) is 14.6 Å². The highest BCUT2D eigenvalue weighted by molar-refractivity contribution is 7.99. The van der Waals surface area contributed by atoms with Crippen molar-refractivity contribution < 1.29 is 17.6 Å². The van der Waals surface area contributed by atoms with Crippen molar-refractivity contribution in [3.63, 3.8) is 0 Å². The molecule has 3 aromatic rings. The Balaban J connectivity index is 1.42. The maximum atomic E-state index is 12.4. The molecule has 1 aliphatic heterocycles. The van der Waals surface area contributed by atoms with E-state index in [1.807, 2.05) is 24.3 Å². The van der Waals surface area contributed by atoms with Gasteiger partial charge in [0, 0.05) is 23.2 Å². The first-order valence-corrected chi connectivity index (χ1v) is 12.4. The van der Waals surface area contributed by atoms with E-state index in [-0.39, 0.29) is 34.4 Å². The second-order valence-electron chi connectivity index (χ2n) is 6.46. The van der Waals surface area contributed by atoms with E-state index in [0.717, 1.165) is 21.8 Å². The maximum absolute atomic E-state index is 12.4. The van der Waals surface area contributed by atoms with Gasteiger partial charge in [0.05, 0.1) is 22.3 Å². The number of halogens is 1. The van der Waals surface area contributed by atoms with E-state index in [1.165, 1.54) is 16.2 Å².